The van der Waals surface area contributed by atoms with Gasteiger partial charge in [-0.05, 0) is 83.9 Å². The second-order valence-corrected chi connectivity index (χ2v) is 14.0. The third-order valence-electron chi connectivity index (χ3n) is 11.1. The Morgan fingerprint density at radius 3 is 1.87 bits per heavy atom. The summed E-state index contributed by atoms with van der Waals surface area (Å²) in [6.45, 7) is 0. The summed E-state index contributed by atoms with van der Waals surface area (Å²) in [5, 5.41) is 19.3. The average molecular weight is 690 g/mol. The van der Waals surface area contributed by atoms with Crippen molar-refractivity contribution in [3.8, 4) is 28.6 Å². The van der Waals surface area contributed by atoms with Crippen LogP contribution >= 0.6 is 0 Å². The molecular weight excluding hydrogens is 663 g/mol. The number of hydrogen-bond acceptors (Lipinski definition) is 3. The Hall–Kier alpha value is -7.55. The van der Waals surface area contributed by atoms with Gasteiger partial charge in [-0.1, -0.05) is 91.0 Å². The van der Waals surface area contributed by atoms with Crippen LogP contribution in [0.3, 0.4) is 0 Å². The number of rotatable bonds is 3. The Bertz CT molecular complexity index is 3570. The number of benzene rings is 8. The van der Waals surface area contributed by atoms with Crippen molar-refractivity contribution in [3.63, 3.8) is 0 Å². The Morgan fingerprint density at radius 2 is 1.07 bits per heavy atom. The number of para-hydroxylation sites is 4. The summed E-state index contributed by atoms with van der Waals surface area (Å²) in [6.07, 6.45) is 0. The minimum Gasteiger partial charge on any atom is -0.456 e. The molecule has 0 N–H and O–H groups in total. The number of furan rings is 2. The van der Waals surface area contributed by atoms with Crippen LogP contribution in [-0.4, -0.2) is 9.13 Å². The lowest BCUT2D eigenvalue weighted by Crippen LogP contribution is -1.96. The van der Waals surface area contributed by atoms with Crippen molar-refractivity contribution in [1.29, 1.82) is 5.26 Å². The number of fused-ring (bicyclic) bond motifs is 14. The highest BCUT2D eigenvalue weighted by Crippen LogP contribution is 2.43. The van der Waals surface area contributed by atoms with E-state index in [9.17, 15) is 5.26 Å². The van der Waals surface area contributed by atoms with E-state index in [0.29, 0.717) is 5.56 Å². The van der Waals surface area contributed by atoms with Gasteiger partial charge in [0.05, 0.1) is 33.7 Å². The smallest absolute Gasteiger partial charge is 0.160 e. The monoisotopic (exact) mass is 689 g/mol. The van der Waals surface area contributed by atoms with E-state index in [0.717, 1.165) is 105 Å². The van der Waals surface area contributed by atoms with Gasteiger partial charge in [0.25, 0.3) is 0 Å². The number of aromatic nitrogens is 2. The molecule has 12 aromatic rings. The normalized spacial score (nSPS) is 12.1. The molecule has 250 valence electrons. The molecule has 0 aliphatic heterocycles. The van der Waals surface area contributed by atoms with Gasteiger partial charge >= 0.3 is 0 Å². The quantitative estimate of drug-likeness (QED) is 0.185. The zero-order chi connectivity index (χ0) is 35.5. The van der Waals surface area contributed by atoms with Crippen LogP contribution in [0, 0.1) is 11.3 Å². The zero-order valence-electron chi connectivity index (χ0n) is 28.7. The molecule has 5 nitrogen and oxygen atoms in total. The summed E-state index contributed by atoms with van der Waals surface area (Å²) in [7, 11) is 0. The fourth-order valence-electron chi connectivity index (χ4n) is 8.83. The lowest BCUT2D eigenvalue weighted by molar-refractivity contribution is 0.669. The fraction of sp³-hybridized carbons (Fsp3) is 0. The highest BCUT2D eigenvalue weighted by Gasteiger charge is 2.21. The first-order chi connectivity index (χ1) is 26.7. The molecule has 0 aliphatic rings. The topological polar surface area (TPSA) is 59.9 Å². The minimum absolute atomic E-state index is 0.599. The summed E-state index contributed by atoms with van der Waals surface area (Å²) in [5.41, 5.74) is 12.4. The van der Waals surface area contributed by atoms with Gasteiger partial charge in [-0.3, -0.25) is 0 Å². The molecule has 5 heteroatoms. The van der Waals surface area contributed by atoms with E-state index in [1.54, 1.807) is 0 Å². The van der Waals surface area contributed by atoms with Crippen LogP contribution in [0.25, 0.3) is 110 Å². The maximum atomic E-state index is 10.3. The van der Waals surface area contributed by atoms with Crippen molar-refractivity contribution in [1.82, 2.24) is 9.13 Å². The maximum Gasteiger partial charge on any atom is 0.160 e. The van der Waals surface area contributed by atoms with Crippen LogP contribution in [-0.2, 0) is 0 Å². The molecule has 0 amide bonds. The maximum absolute atomic E-state index is 10.3. The lowest BCUT2D eigenvalue weighted by atomic mass is 10.0. The lowest BCUT2D eigenvalue weighted by Gasteiger charge is -2.13. The summed E-state index contributed by atoms with van der Waals surface area (Å²) >= 11 is 0. The summed E-state index contributed by atoms with van der Waals surface area (Å²) in [4.78, 5) is 0. The molecule has 0 radical (unpaired) electrons. The fourth-order valence-corrected chi connectivity index (χ4v) is 8.83. The van der Waals surface area contributed by atoms with Gasteiger partial charge in [0.2, 0.25) is 0 Å². The van der Waals surface area contributed by atoms with Crippen LogP contribution < -0.4 is 0 Å². The average Bonchev–Trinajstić information content (AvgIpc) is 3.98. The van der Waals surface area contributed by atoms with Crippen LogP contribution in [0.4, 0.5) is 0 Å². The predicted octanol–water partition coefficient (Wildman–Crippen LogP) is 13.2. The van der Waals surface area contributed by atoms with Crippen molar-refractivity contribution in [2.45, 2.75) is 0 Å². The molecule has 12 rings (SSSR count). The Morgan fingerprint density at radius 1 is 0.407 bits per heavy atom. The molecule has 0 fully saturated rings. The van der Waals surface area contributed by atoms with E-state index in [4.69, 9.17) is 8.83 Å². The second-order valence-electron chi connectivity index (χ2n) is 14.0. The zero-order valence-corrected chi connectivity index (χ0v) is 28.7. The molecule has 54 heavy (non-hydrogen) atoms. The number of nitrogens with zero attached hydrogens (tertiary/aromatic N) is 3. The van der Waals surface area contributed by atoms with Gasteiger partial charge in [-0.2, -0.15) is 5.26 Å². The second kappa shape index (κ2) is 10.7. The van der Waals surface area contributed by atoms with Crippen LogP contribution in [0.1, 0.15) is 5.56 Å². The van der Waals surface area contributed by atoms with Crippen LogP contribution in [0.2, 0.25) is 0 Å². The van der Waals surface area contributed by atoms with Gasteiger partial charge in [0.15, 0.2) is 5.58 Å². The molecule has 4 heterocycles. The van der Waals surface area contributed by atoms with Gasteiger partial charge in [-0.15, -0.1) is 0 Å². The standard InChI is InChI=1S/C49H27N3O2/c50-28-29-25-31(27-33(26-29)51-41-14-6-2-11-38(41)46-42(51)23-24-45-47(46)39-12-4-8-16-44(39)53-45)30-17-19-32(20-18-30)52-40-13-5-1-9-34(40)36-21-22-37-35-10-3-7-15-43(35)54-49(37)48(36)52/h1-27H. The third kappa shape index (κ3) is 3.91. The molecule has 0 spiro atoms. The van der Waals surface area contributed by atoms with E-state index in [1.807, 2.05) is 36.4 Å². The predicted molar refractivity (Wildman–Crippen MR) is 220 cm³/mol. The minimum atomic E-state index is 0.599. The molecule has 4 aromatic heterocycles. The van der Waals surface area contributed by atoms with Gasteiger partial charge in [-0.25, -0.2) is 0 Å². The molecule has 0 aliphatic carbocycles. The first-order valence-electron chi connectivity index (χ1n) is 18.1. The largest absolute Gasteiger partial charge is 0.456 e. The third-order valence-corrected chi connectivity index (χ3v) is 11.1. The number of nitriles is 1. The Balaban J connectivity index is 1.05. The highest BCUT2D eigenvalue weighted by atomic mass is 16.3. The van der Waals surface area contributed by atoms with E-state index in [-0.39, 0.29) is 0 Å². The van der Waals surface area contributed by atoms with E-state index in [1.165, 1.54) is 5.39 Å². The van der Waals surface area contributed by atoms with Crippen molar-refractivity contribution in [3.05, 3.63) is 169 Å². The molecule has 0 bridgehead atoms. The SMILES string of the molecule is N#Cc1cc(-c2ccc(-n3c4ccccc4c4ccc5c6ccccc6oc5c43)cc2)cc(-n2c3ccccc3c3c4c(ccc32)oc2ccccc24)c1. The first-order valence-corrected chi connectivity index (χ1v) is 18.1. The van der Waals surface area contributed by atoms with Gasteiger partial charge < -0.3 is 18.0 Å². The summed E-state index contributed by atoms with van der Waals surface area (Å²) < 4.78 is 17.5. The van der Waals surface area contributed by atoms with Crippen LogP contribution in [0.5, 0.6) is 0 Å². The van der Waals surface area contributed by atoms with Gasteiger partial charge in [0, 0.05) is 54.5 Å². The van der Waals surface area contributed by atoms with E-state index in [2.05, 4.69) is 143 Å². The molecule has 0 atom stereocenters. The molecule has 0 saturated heterocycles. The van der Waals surface area contributed by atoms with Crippen molar-refractivity contribution in [2.75, 3.05) is 0 Å². The van der Waals surface area contributed by atoms with Gasteiger partial charge in [0.1, 0.15) is 16.7 Å². The van der Waals surface area contributed by atoms with Crippen molar-refractivity contribution in [2.24, 2.45) is 0 Å². The van der Waals surface area contributed by atoms with Crippen molar-refractivity contribution >= 4 is 87.5 Å². The highest BCUT2D eigenvalue weighted by molar-refractivity contribution is 6.27. The molecule has 0 saturated carbocycles. The summed E-state index contributed by atoms with van der Waals surface area (Å²) in [5.74, 6) is 0. The molecule has 0 unspecified atom stereocenters. The summed E-state index contributed by atoms with van der Waals surface area (Å²) in [6, 6.07) is 59.3. The Labute approximate surface area is 307 Å². The van der Waals surface area contributed by atoms with Crippen LogP contribution in [0.15, 0.2) is 173 Å². The first kappa shape index (κ1) is 29.1. The molecule has 8 aromatic carbocycles. The van der Waals surface area contributed by atoms with E-state index < -0.39 is 0 Å². The van der Waals surface area contributed by atoms with E-state index >= 15 is 0 Å². The van der Waals surface area contributed by atoms with Crippen molar-refractivity contribution < 1.29 is 8.83 Å². The number of hydrogen-bond donors (Lipinski definition) is 0. The Kier molecular flexibility index (Phi) is 5.78. The molecular formula is C49H27N3O2.